The van der Waals surface area contributed by atoms with E-state index in [9.17, 15) is 5.11 Å². The van der Waals surface area contributed by atoms with Crippen LogP contribution in [0.4, 0.5) is 0 Å². The van der Waals surface area contributed by atoms with Crippen molar-refractivity contribution in [2.75, 3.05) is 13.1 Å². The second-order valence-electron chi connectivity index (χ2n) is 5.07. The number of aliphatic hydroxyl groups excluding tert-OH is 1. The first-order valence-corrected chi connectivity index (χ1v) is 6.79. The maximum absolute atomic E-state index is 10.0. The molecule has 0 bridgehead atoms. The predicted octanol–water partition coefficient (Wildman–Crippen LogP) is 3.29. The molecule has 0 aliphatic rings. The molecule has 1 atom stereocenters. The highest BCUT2D eigenvalue weighted by molar-refractivity contribution is 7.10. The van der Waals surface area contributed by atoms with E-state index in [0.29, 0.717) is 0 Å². The summed E-state index contributed by atoms with van der Waals surface area (Å²) in [6.45, 7) is 10.8. The largest absolute Gasteiger partial charge is 0.388 e. The van der Waals surface area contributed by atoms with Gasteiger partial charge in [-0.3, -0.25) is 4.90 Å². The normalized spacial score (nSPS) is 14.4. The maximum Gasteiger partial charge on any atom is 0.0894 e. The van der Waals surface area contributed by atoms with Gasteiger partial charge in [0.1, 0.15) is 0 Å². The molecule has 16 heavy (non-hydrogen) atoms. The van der Waals surface area contributed by atoms with E-state index in [2.05, 4.69) is 32.6 Å². The van der Waals surface area contributed by atoms with Crippen LogP contribution in [0.15, 0.2) is 17.5 Å². The van der Waals surface area contributed by atoms with Crippen molar-refractivity contribution < 1.29 is 5.11 Å². The van der Waals surface area contributed by atoms with Crippen LogP contribution in [0.1, 0.15) is 45.1 Å². The van der Waals surface area contributed by atoms with Gasteiger partial charge < -0.3 is 5.11 Å². The predicted molar refractivity (Wildman–Crippen MR) is 70.9 cm³/mol. The summed E-state index contributed by atoms with van der Waals surface area (Å²) in [5.74, 6) is 0. The molecule has 1 heterocycles. The molecule has 0 radical (unpaired) electrons. The zero-order valence-corrected chi connectivity index (χ0v) is 11.5. The van der Waals surface area contributed by atoms with Gasteiger partial charge >= 0.3 is 0 Å². The van der Waals surface area contributed by atoms with Gasteiger partial charge in [0, 0.05) is 17.0 Å². The summed E-state index contributed by atoms with van der Waals surface area (Å²) in [4.78, 5) is 3.47. The number of hydrogen-bond acceptors (Lipinski definition) is 3. The number of hydrogen-bond donors (Lipinski definition) is 1. The van der Waals surface area contributed by atoms with Gasteiger partial charge in [-0.15, -0.1) is 11.3 Å². The van der Waals surface area contributed by atoms with Crippen LogP contribution in [-0.2, 0) is 0 Å². The Hall–Kier alpha value is -0.380. The molecule has 1 aromatic heterocycles. The Balaban J connectivity index is 2.44. The Morgan fingerprint density at radius 2 is 2.12 bits per heavy atom. The van der Waals surface area contributed by atoms with Crippen molar-refractivity contribution in [1.29, 1.82) is 0 Å². The molecule has 1 rings (SSSR count). The molecule has 0 saturated carbocycles. The number of aliphatic hydroxyl groups is 1. The molecule has 1 aromatic rings. The third-order valence-corrected chi connectivity index (χ3v) is 3.85. The standard InChI is InChI=1S/C13H23NOS/c1-5-14(13(2,3)4)9-8-11(15)12-7-6-10-16-12/h6-7,10-11,15H,5,8-9H2,1-4H3. The van der Waals surface area contributed by atoms with E-state index < -0.39 is 0 Å². The zero-order chi connectivity index (χ0) is 12.2. The van der Waals surface area contributed by atoms with E-state index in [-0.39, 0.29) is 11.6 Å². The number of thiophene rings is 1. The van der Waals surface area contributed by atoms with Gasteiger partial charge in [0.15, 0.2) is 0 Å². The minimum absolute atomic E-state index is 0.184. The lowest BCUT2D eigenvalue weighted by Crippen LogP contribution is -2.42. The molecule has 2 nitrogen and oxygen atoms in total. The first-order chi connectivity index (χ1) is 7.45. The van der Waals surface area contributed by atoms with Crippen LogP contribution in [0.2, 0.25) is 0 Å². The number of nitrogens with zero attached hydrogens (tertiary/aromatic N) is 1. The second-order valence-corrected chi connectivity index (χ2v) is 6.05. The zero-order valence-electron chi connectivity index (χ0n) is 10.7. The summed E-state index contributed by atoms with van der Waals surface area (Å²) < 4.78 is 0. The van der Waals surface area contributed by atoms with Crippen molar-refractivity contribution >= 4 is 11.3 Å². The SMILES string of the molecule is CCN(CCC(O)c1cccs1)C(C)(C)C. The first kappa shape index (κ1) is 13.7. The van der Waals surface area contributed by atoms with E-state index in [1.165, 1.54) is 0 Å². The molecule has 0 spiro atoms. The van der Waals surface area contributed by atoms with Crippen LogP contribution >= 0.6 is 11.3 Å². The summed E-state index contributed by atoms with van der Waals surface area (Å²) in [6, 6.07) is 3.99. The van der Waals surface area contributed by atoms with Gasteiger partial charge in [0.25, 0.3) is 0 Å². The van der Waals surface area contributed by atoms with Crippen LogP contribution < -0.4 is 0 Å². The van der Waals surface area contributed by atoms with Crippen LogP contribution in [0.25, 0.3) is 0 Å². The van der Waals surface area contributed by atoms with E-state index in [0.717, 1.165) is 24.4 Å². The van der Waals surface area contributed by atoms with Gasteiger partial charge in [0.05, 0.1) is 6.10 Å². The molecule has 0 aromatic carbocycles. The van der Waals surface area contributed by atoms with Gasteiger partial charge in [-0.25, -0.2) is 0 Å². The van der Waals surface area contributed by atoms with Crippen LogP contribution in [0.3, 0.4) is 0 Å². The van der Waals surface area contributed by atoms with Crippen LogP contribution in [0.5, 0.6) is 0 Å². The minimum Gasteiger partial charge on any atom is -0.388 e. The summed E-state index contributed by atoms with van der Waals surface area (Å²) in [5, 5.41) is 12.0. The molecule has 1 N–H and O–H groups in total. The Morgan fingerprint density at radius 3 is 2.56 bits per heavy atom. The lowest BCUT2D eigenvalue weighted by Gasteiger charge is -2.35. The molecule has 3 heteroatoms. The van der Waals surface area contributed by atoms with E-state index in [4.69, 9.17) is 0 Å². The van der Waals surface area contributed by atoms with Gasteiger partial charge in [-0.05, 0) is 45.2 Å². The maximum atomic E-state index is 10.0. The van der Waals surface area contributed by atoms with Crippen molar-refractivity contribution in [3.8, 4) is 0 Å². The summed E-state index contributed by atoms with van der Waals surface area (Å²) >= 11 is 1.63. The highest BCUT2D eigenvalue weighted by Crippen LogP contribution is 2.23. The molecule has 0 aliphatic carbocycles. The van der Waals surface area contributed by atoms with Crippen LogP contribution in [0, 0.1) is 0 Å². The lowest BCUT2D eigenvalue weighted by atomic mass is 10.0. The fraction of sp³-hybridized carbons (Fsp3) is 0.692. The molecular formula is C13H23NOS. The molecule has 0 fully saturated rings. The molecule has 0 amide bonds. The van der Waals surface area contributed by atoms with Crippen molar-refractivity contribution in [2.24, 2.45) is 0 Å². The molecule has 1 unspecified atom stereocenters. The highest BCUT2D eigenvalue weighted by atomic mass is 32.1. The third kappa shape index (κ3) is 3.89. The quantitative estimate of drug-likeness (QED) is 0.855. The second kappa shape index (κ2) is 5.80. The summed E-state index contributed by atoms with van der Waals surface area (Å²) in [7, 11) is 0. The Labute approximate surface area is 103 Å². The Morgan fingerprint density at radius 1 is 1.44 bits per heavy atom. The minimum atomic E-state index is -0.309. The topological polar surface area (TPSA) is 23.5 Å². The van der Waals surface area contributed by atoms with Crippen molar-refractivity contribution in [2.45, 2.75) is 45.8 Å². The Kier molecular flexibility index (Phi) is 4.96. The smallest absolute Gasteiger partial charge is 0.0894 e. The molecular weight excluding hydrogens is 218 g/mol. The average molecular weight is 241 g/mol. The molecule has 92 valence electrons. The fourth-order valence-corrected chi connectivity index (χ4v) is 2.62. The number of rotatable bonds is 5. The van der Waals surface area contributed by atoms with Crippen LogP contribution in [-0.4, -0.2) is 28.6 Å². The molecule has 0 saturated heterocycles. The average Bonchev–Trinajstić information content (AvgIpc) is 2.68. The first-order valence-electron chi connectivity index (χ1n) is 5.91. The fourth-order valence-electron chi connectivity index (χ4n) is 1.87. The van der Waals surface area contributed by atoms with E-state index in [1.807, 2.05) is 17.5 Å². The third-order valence-electron chi connectivity index (χ3n) is 2.87. The van der Waals surface area contributed by atoms with Gasteiger partial charge in [-0.2, -0.15) is 0 Å². The van der Waals surface area contributed by atoms with Gasteiger partial charge in [0.2, 0.25) is 0 Å². The highest BCUT2D eigenvalue weighted by Gasteiger charge is 2.20. The Bertz CT molecular complexity index is 289. The monoisotopic (exact) mass is 241 g/mol. The molecule has 0 aliphatic heterocycles. The summed E-state index contributed by atoms with van der Waals surface area (Å²) in [6.07, 6.45) is 0.502. The summed E-state index contributed by atoms with van der Waals surface area (Å²) in [5.41, 5.74) is 0.184. The van der Waals surface area contributed by atoms with Crippen molar-refractivity contribution in [1.82, 2.24) is 4.90 Å². The van der Waals surface area contributed by atoms with Crippen molar-refractivity contribution in [3.63, 3.8) is 0 Å². The van der Waals surface area contributed by atoms with E-state index >= 15 is 0 Å². The lowest BCUT2D eigenvalue weighted by molar-refractivity contribution is 0.101. The van der Waals surface area contributed by atoms with Gasteiger partial charge in [-0.1, -0.05) is 13.0 Å². The van der Waals surface area contributed by atoms with Crippen molar-refractivity contribution in [3.05, 3.63) is 22.4 Å². The van der Waals surface area contributed by atoms with E-state index in [1.54, 1.807) is 11.3 Å².